The van der Waals surface area contributed by atoms with E-state index in [-0.39, 0.29) is 29.8 Å². The summed E-state index contributed by atoms with van der Waals surface area (Å²) in [6.45, 7) is 1.43. The summed E-state index contributed by atoms with van der Waals surface area (Å²) in [6.07, 6.45) is 0. The van der Waals surface area contributed by atoms with E-state index >= 15 is 0 Å². The van der Waals surface area contributed by atoms with Crippen molar-refractivity contribution in [2.45, 2.75) is 13.5 Å². The van der Waals surface area contributed by atoms with Gasteiger partial charge in [0, 0.05) is 7.05 Å². The number of aliphatic hydroxyl groups is 1. The smallest absolute Gasteiger partial charge is 0.352 e. The molecule has 0 spiro atoms. The summed E-state index contributed by atoms with van der Waals surface area (Å²) in [5.74, 6) is 0.490. The Labute approximate surface area is 120 Å². The number of hydrogen-bond acceptors (Lipinski definition) is 7. The molecule has 2 aromatic rings. The lowest BCUT2D eigenvalue weighted by Crippen LogP contribution is -2.05. The lowest BCUT2D eigenvalue weighted by molar-refractivity contribution is -0.386. The van der Waals surface area contributed by atoms with Crippen LogP contribution in [0, 0.1) is 17.0 Å². The predicted octanol–water partition coefficient (Wildman–Crippen LogP) is 2.02. The van der Waals surface area contributed by atoms with Crippen molar-refractivity contribution in [3.05, 3.63) is 45.6 Å². The van der Waals surface area contributed by atoms with Crippen LogP contribution in [0.2, 0.25) is 0 Å². The third kappa shape index (κ3) is 3.23. The molecule has 0 radical (unpaired) electrons. The van der Waals surface area contributed by atoms with E-state index in [0.29, 0.717) is 11.3 Å². The van der Waals surface area contributed by atoms with Gasteiger partial charge in [-0.1, -0.05) is 12.1 Å². The number of anilines is 1. The van der Waals surface area contributed by atoms with Crippen molar-refractivity contribution < 1.29 is 14.8 Å². The Kier molecular flexibility index (Phi) is 4.29. The number of ether oxygens (including phenoxy) is 1. The highest BCUT2D eigenvalue weighted by Crippen LogP contribution is 2.32. The summed E-state index contributed by atoms with van der Waals surface area (Å²) in [5, 5.41) is 22.8. The monoisotopic (exact) mass is 290 g/mol. The minimum atomic E-state index is -0.577. The van der Waals surface area contributed by atoms with Gasteiger partial charge in [0.15, 0.2) is 0 Å². The molecule has 21 heavy (non-hydrogen) atoms. The summed E-state index contributed by atoms with van der Waals surface area (Å²) < 4.78 is 5.48. The van der Waals surface area contributed by atoms with E-state index in [0.717, 1.165) is 0 Å². The van der Waals surface area contributed by atoms with Crippen LogP contribution in [0.25, 0.3) is 0 Å². The molecule has 1 aromatic heterocycles. The van der Waals surface area contributed by atoms with E-state index in [1.54, 1.807) is 31.3 Å². The van der Waals surface area contributed by atoms with Gasteiger partial charge in [-0.15, -0.1) is 0 Å². The maximum Gasteiger partial charge on any atom is 0.352 e. The Balaban J connectivity index is 2.41. The lowest BCUT2D eigenvalue weighted by Gasteiger charge is -2.08. The first-order valence-electron chi connectivity index (χ1n) is 6.13. The summed E-state index contributed by atoms with van der Waals surface area (Å²) in [5.41, 5.74) is 0.646. The molecule has 0 amide bonds. The van der Waals surface area contributed by atoms with Crippen molar-refractivity contribution in [2.24, 2.45) is 0 Å². The van der Waals surface area contributed by atoms with Gasteiger partial charge in [-0.05, 0) is 24.6 Å². The number of hydrogen-bond donors (Lipinski definition) is 2. The van der Waals surface area contributed by atoms with Crippen LogP contribution in [-0.4, -0.2) is 27.0 Å². The number of nitrogens with one attached hydrogen (secondary N) is 1. The number of nitrogens with zero attached hydrogens (tertiary/aromatic N) is 3. The molecule has 0 saturated carbocycles. The minimum absolute atomic E-state index is 0.0864. The Morgan fingerprint density at radius 2 is 2.00 bits per heavy atom. The van der Waals surface area contributed by atoms with Gasteiger partial charge in [0.25, 0.3) is 0 Å². The molecule has 110 valence electrons. The highest BCUT2D eigenvalue weighted by atomic mass is 16.6. The fourth-order valence-electron chi connectivity index (χ4n) is 1.71. The van der Waals surface area contributed by atoms with Gasteiger partial charge >= 0.3 is 11.6 Å². The third-order valence-electron chi connectivity index (χ3n) is 2.75. The van der Waals surface area contributed by atoms with Gasteiger partial charge in [0.1, 0.15) is 11.4 Å². The van der Waals surface area contributed by atoms with E-state index in [1.807, 2.05) is 0 Å². The van der Waals surface area contributed by atoms with Crippen LogP contribution < -0.4 is 10.1 Å². The molecule has 0 fully saturated rings. The topological polar surface area (TPSA) is 110 Å². The van der Waals surface area contributed by atoms with E-state index in [4.69, 9.17) is 9.84 Å². The van der Waals surface area contributed by atoms with Crippen molar-refractivity contribution in [1.29, 1.82) is 0 Å². The van der Waals surface area contributed by atoms with Gasteiger partial charge in [-0.3, -0.25) is 10.1 Å². The van der Waals surface area contributed by atoms with Gasteiger partial charge in [-0.2, -0.15) is 4.98 Å². The average Bonchev–Trinajstić information content (AvgIpc) is 2.47. The Morgan fingerprint density at radius 3 is 2.52 bits per heavy atom. The minimum Gasteiger partial charge on any atom is -0.434 e. The van der Waals surface area contributed by atoms with E-state index < -0.39 is 4.92 Å². The number of rotatable bonds is 5. The summed E-state index contributed by atoms with van der Waals surface area (Å²) in [4.78, 5) is 18.5. The number of benzene rings is 1. The van der Waals surface area contributed by atoms with Gasteiger partial charge < -0.3 is 15.2 Å². The highest BCUT2D eigenvalue weighted by molar-refractivity contribution is 5.50. The quantitative estimate of drug-likeness (QED) is 0.640. The van der Waals surface area contributed by atoms with Gasteiger partial charge in [-0.25, -0.2) is 4.98 Å². The maximum absolute atomic E-state index is 11.1. The molecule has 1 heterocycles. The molecular formula is C13H14N4O4. The molecule has 8 heteroatoms. The fourth-order valence-corrected chi connectivity index (χ4v) is 1.71. The molecule has 0 aliphatic heterocycles. The number of nitro groups is 1. The van der Waals surface area contributed by atoms with Crippen LogP contribution in [0.1, 0.15) is 11.3 Å². The first-order valence-corrected chi connectivity index (χ1v) is 6.13. The second-order valence-electron chi connectivity index (χ2n) is 4.20. The number of aliphatic hydroxyl groups excluding tert-OH is 1. The van der Waals surface area contributed by atoms with E-state index in [1.165, 1.54) is 6.92 Å². The zero-order chi connectivity index (χ0) is 15.4. The highest BCUT2D eigenvalue weighted by Gasteiger charge is 2.24. The van der Waals surface area contributed by atoms with Crippen molar-refractivity contribution in [2.75, 3.05) is 12.4 Å². The lowest BCUT2D eigenvalue weighted by atomic mass is 10.2. The molecule has 0 bridgehead atoms. The van der Waals surface area contributed by atoms with Crippen molar-refractivity contribution in [1.82, 2.24) is 9.97 Å². The normalized spacial score (nSPS) is 10.2. The van der Waals surface area contributed by atoms with Crippen LogP contribution >= 0.6 is 0 Å². The van der Waals surface area contributed by atoms with Crippen molar-refractivity contribution in [3.8, 4) is 11.6 Å². The first-order chi connectivity index (χ1) is 10.0. The zero-order valence-corrected chi connectivity index (χ0v) is 11.5. The molecule has 0 aliphatic carbocycles. The Morgan fingerprint density at radius 1 is 1.33 bits per heavy atom. The van der Waals surface area contributed by atoms with Crippen LogP contribution in [0.15, 0.2) is 24.3 Å². The van der Waals surface area contributed by atoms with Crippen LogP contribution in [0.5, 0.6) is 11.6 Å². The third-order valence-corrected chi connectivity index (χ3v) is 2.75. The molecule has 2 rings (SSSR count). The fraction of sp³-hybridized carbons (Fsp3) is 0.231. The second-order valence-corrected chi connectivity index (χ2v) is 4.20. The number of aromatic nitrogens is 2. The summed E-state index contributed by atoms with van der Waals surface area (Å²) in [6, 6.07) is 6.53. The molecule has 8 nitrogen and oxygen atoms in total. The first kappa shape index (κ1) is 14.7. The average molecular weight is 290 g/mol. The molecule has 0 unspecified atom stereocenters. The summed E-state index contributed by atoms with van der Waals surface area (Å²) >= 11 is 0. The maximum atomic E-state index is 11.1. The molecule has 1 aromatic carbocycles. The van der Waals surface area contributed by atoms with Crippen molar-refractivity contribution in [3.63, 3.8) is 0 Å². The largest absolute Gasteiger partial charge is 0.434 e. The Hall–Kier alpha value is -2.74. The van der Waals surface area contributed by atoms with Crippen molar-refractivity contribution >= 4 is 11.6 Å². The second kappa shape index (κ2) is 6.14. The van der Waals surface area contributed by atoms with E-state index in [2.05, 4.69) is 15.3 Å². The zero-order valence-electron chi connectivity index (χ0n) is 11.5. The molecule has 0 saturated heterocycles. The molecule has 2 N–H and O–H groups in total. The molecule has 0 atom stereocenters. The van der Waals surface area contributed by atoms with Gasteiger partial charge in [0.2, 0.25) is 5.95 Å². The van der Waals surface area contributed by atoms with E-state index in [9.17, 15) is 10.1 Å². The predicted molar refractivity (Wildman–Crippen MR) is 75.4 cm³/mol. The van der Waals surface area contributed by atoms with Crippen LogP contribution in [0.4, 0.5) is 11.6 Å². The molecule has 0 aliphatic rings. The Bertz CT molecular complexity index is 658. The van der Waals surface area contributed by atoms with Crippen LogP contribution in [0.3, 0.4) is 0 Å². The summed E-state index contributed by atoms with van der Waals surface area (Å²) in [7, 11) is 1.61. The molecular weight excluding hydrogens is 276 g/mol. The SMILES string of the molecule is CNc1nc(C)c([N+](=O)[O-])c(Oc2ccc(CO)cc2)n1. The standard InChI is InChI=1S/C13H14N4O4/c1-8-11(17(19)20)12(16-13(14-2)15-8)21-10-5-3-9(7-18)4-6-10/h3-6,18H,7H2,1-2H3,(H,14,15,16). The van der Waals surface area contributed by atoms with Crippen LogP contribution in [-0.2, 0) is 6.61 Å². The number of aryl methyl sites for hydroxylation is 1. The van der Waals surface area contributed by atoms with Gasteiger partial charge in [0.05, 0.1) is 11.5 Å².